The predicted octanol–water partition coefficient (Wildman–Crippen LogP) is 2.88. The Bertz CT molecular complexity index is 911. The van der Waals surface area contributed by atoms with Gasteiger partial charge in [0, 0.05) is 17.9 Å². The molecule has 0 aliphatic carbocycles. The largest absolute Gasteiger partial charge is 0.345 e. The number of fused-ring (bicyclic) bond motifs is 1. The Morgan fingerprint density at radius 2 is 1.96 bits per heavy atom. The van der Waals surface area contributed by atoms with Crippen molar-refractivity contribution in [3.05, 3.63) is 78.0 Å². The molecule has 1 N–H and O–H groups in total. The van der Waals surface area contributed by atoms with Crippen LogP contribution in [0.2, 0.25) is 0 Å². The van der Waals surface area contributed by atoms with Gasteiger partial charge in [0.1, 0.15) is 5.69 Å². The van der Waals surface area contributed by atoms with Crippen LogP contribution in [0.4, 0.5) is 11.5 Å². The van der Waals surface area contributed by atoms with Crippen LogP contribution in [-0.2, 0) is 13.0 Å². The molecule has 1 unspecified atom stereocenters. The van der Waals surface area contributed by atoms with Crippen molar-refractivity contribution in [1.29, 1.82) is 0 Å². The van der Waals surface area contributed by atoms with Gasteiger partial charge in [-0.05, 0) is 37.1 Å². The van der Waals surface area contributed by atoms with Crippen LogP contribution in [-0.4, -0.2) is 26.9 Å². The fraction of sp³-hybridized carbons (Fsp3) is 0.200. The molecule has 130 valence electrons. The molecule has 1 aliphatic heterocycles. The number of aromatic nitrogens is 3. The molecule has 6 heteroatoms. The van der Waals surface area contributed by atoms with Crippen molar-refractivity contribution in [2.75, 3.05) is 4.90 Å². The van der Waals surface area contributed by atoms with Gasteiger partial charge in [-0.2, -0.15) is 0 Å². The molecule has 6 nitrogen and oxygen atoms in total. The summed E-state index contributed by atoms with van der Waals surface area (Å²) in [5, 5.41) is 2.81. The number of pyridine rings is 1. The van der Waals surface area contributed by atoms with E-state index in [0.717, 1.165) is 23.6 Å². The molecule has 3 heterocycles. The first-order valence-electron chi connectivity index (χ1n) is 8.59. The van der Waals surface area contributed by atoms with Crippen LogP contribution in [0.1, 0.15) is 28.7 Å². The van der Waals surface area contributed by atoms with E-state index in [2.05, 4.69) is 50.3 Å². The Hall–Kier alpha value is -3.28. The van der Waals surface area contributed by atoms with Crippen molar-refractivity contribution in [2.45, 2.75) is 25.9 Å². The highest BCUT2D eigenvalue weighted by Gasteiger charge is 2.27. The fourth-order valence-electron chi connectivity index (χ4n) is 3.24. The van der Waals surface area contributed by atoms with Crippen LogP contribution in [0, 0.1) is 0 Å². The van der Waals surface area contributed by atoms with E-state index in [0.29, 0.717) is 18.3 Å². The molecule has 4 rings (SSSR count). The number of hydrogen-bond donors (Lipinski definition) is 1. The highest BCUT2D eigenvalue weighted by molar-refractivity contribution is 5.92. The van der Waals surface area contributed by atoms with Crippen LogP contribution < -0.4 is 10.2 Å². The van der Waals surface area contributed by atoms with Crippen molar-refractivity contribution in [1.82, 2.24) is 20.3 Å². The van der Waals surface area contributed by atoms with Crippen LogP contribution >= 0.6 is 0 Å². The predicted molar refractivity (Wildman–Crippen MR) is 99.2 cm³/mol. The summed E-state index contributed by atoms with van der Waals surface area (Å²) >= 11 is 0. The zero-order valence-corrected chi connectivity index (χ0v) is 14.5. The summed E-state index contributed by atoms with van der Waals surface area (Å²) in [6, 6.07) is 14.2. The zero-order valence-electron chi connectivity index (χ0n) is 14.5. The molecule has 26 heavy (non-hydrogen) atoms. The second-order valence-electron chi connectivity index (χ2n) is 6.32. The van der Waals surface area contributed by atoms with Gasteiger partial charge in [0.05, 0.1) is 24.6 Å². The monoisotopic (exact) mass is 345 g/mol. The van der Waals surface area contributed by atoms with Crippen LogP contribution in [0.3, 0.4) is 0 Å². The number of carbonyl (C=O) groups excluding carboxylic acids is 1. The van der Waals surface area contributed by atoms with E-state index in [4.69, 9.17) is 0 Å². The Labute approximate surface area is 151 Å². The lowest BCUT2D eigenvalue weighted by atomic mass is 10.1. The molecule has 2 aromatic heterocycles. The molecule has 0 fully saturated rings. The molecule has 1 aliphatic rings. The molecule has 1 aromatic carbocycles. The normalized spacial score (nSPS) is 15.6. The van der Waals surface area contributed by atoms with Gasteiger partial charge in [0.2, 0.25) is 0 Å². The van der Waals surface area contributed by atoms with Crippen molar-refractivity contribution in [2.24, 2.45) is 0 Å². The average molecular weight is 345 g/mol. The van der Waals surface area contributed by atoms with Crippen molar-refractivity contribution in [3.63, 3.8) is 0 Å². The summed E-state index contributed by atoms with van der Waals surface area (Å²) in [6.45, 7) is 2.52. The number of rotatable bonds is 4. The number of nitrogens with zero attached hydrogens (tertiary/aromatic N) is 4. The minimum absolute atomic E-state index is 0.260. The van der Waals surface area contributed by atoms with Crippen LogP contribution in [0.5, 0.6) is 0 Å². The molecule has 1 atom stereocenters. The van der Waals surface area contributed by atoms with Crippen molar-refractivity contribution >= 4 is 17.4 Å². The SMILES string of the molecule is CC1Cc2ccccc2N1c1cnc(C(=O)NCc2ccccn2)cn1. The molecular formula is C20H19N5O. The van der Waals surface area contributed by atoms with Crippen molar-refractivity contribution in [3.8, 4) is 0 Å². The first kappa shape index (κ1) is 16.2. The van der Waals surface area contributed by atoms with E-state index in [1.807, 2.05) is 24.3 Å². The molecule has 0 saturated heterocycles. The van der Waals surface area contributed by atoms with Gasteiger partial charge in [-0.15, -0.1) is 0 Å². The third-order valence-corrected chi connectivity index (χ3v) is 4.48. The molecule has 3 aromatic rings. The van der Waals surface area contributed by atoms with Gasteiger partial charge in [-0.1, -0.05) is 24.3 Å². The summed E-state index contributed by atoms with van der Waals surface area (Å²) in [4.78, 5) is 27.4. The number of para-hydroxylation sites is 1. The summed E-state index contributed by atoms with van der Waals surface area (Å²) in [7, 11) is 0. The highest BCUT2D eigenvalue weighted by atomic mass is 16.1. The number of amides is 1. The second kappa shape index (κ2) is 6.92. The summed E-state index contributed by atoms with van der Waals surface area (Å²) in [6.07, 6.45) is 5.86. The van der Waals surface area contributed by atoms with Gasteiger partial charge in [-0.25, -0.2) is 9.97 Å². The summed E-state index contributed by atoms with van der Waals surface area (Å²) in [5.41, 5.74) is 3.55. The Morgan fingerprint density at radius 1 is 1.12 bits per heavy atom. The van der Waals surface area contributed by atoms with Gasteiger partial charge in [0.25, 0.3) is 5.91 Å². The number of hydrogen-bond acceptors (Lipinski definition) is 5. The van der Waals surface area contributed by atoms with Crippen LogP contribution in [0.15, 0.2) is 61.1 Å². The summed E-state index contributed by atoms with van der Waals surface area (Å²) in [5.74, 6) is 0.494. The third-order valence-electron chi connectivity index (χ3n) is 4.48. The maximum Gasteiger partial charge on any atom is 0.271 e. The Balaban J connectivity index is 1.48. The number of nitrogens with one attached hydrogen (secondary N) is 1. The van der Waals surface area contributed by atoms with E-state index >= 15 is 0 Å². The summed E-state index contributed by atoms with van der Waals surface area (Å²) < 4.78 is 0. The Kier molecular flexibility index (Phi) is 4.31. The van der Waals surface area contributed by atoms with E-state index < -0.39 is 0 Å². The van der Waals surface area contributed by atoms with Gasteiger partial charge in [0.15, 0.2) is 5.82 Å². The molecule has 0 radical (unpaired) electrons. The van der Waals surface area contributed by atoms with Crippen LogP contribution in [0.25, 0.3) is 0 Å². The van der Waals surface area contributed by atoms with E-state index in [1.54, 1.807) is 12.4 Å². The fourth-order valence-corrected chi connectivity index (χ4v) is 3.24. The minimum Gasteiger partial charge on any atom is -0.345 e. The van der Waals surface area contributed by atoms with Gasteiger partial charge >= 0.3 is 0 Å². The highest BCUT2D eigenvalue weighted by Crippen LogP contribution is 2.36. The smallest absolute Gasteiger partial charge is 0.271 e. The molecular weight excluding hydrogens is 326 g/mol. The van der Waals surface area contributed by atoms with E-state index in [-0.39, 0.29) is 5.91 Å². The third kappa shape index (κ3) is 3.13. The Morgan fingerprint density at radius 3 is 2.73 bits per heavy atom. The standard InChI is InChI=1S/C20H19N5O/c1-14-10-15-6-2-3-8-18(15)25(14)19-13-22-17(12-23-19)20(26)24-11-16-7-4-5-9-21-16/h2-9,12-14H,10-11H2,1H3,(H,24,26). The number of benzene rings is 1. The van der Waals surface area contributed by atoms with E-state index in [9.17, 15) is 4.79 Å². The lowest BCUT2D eigenvalue weighted by Gasteiger charge is -2.23. The molecule has 0 spiro atoms. The topological polar surface area (TPSA) is 71.0 Å². The lowest BCUT2D eigenvalue weighted by Crippen LogP contribution is -2.27. The maximum absolute atomic E-state index is 12.3. The first-order valence-corrected chi connectivity index (χ1v) is 8.59. The quantitative estimate of drug-likeness (QED) is 0.787. The van der Waals surface area contributed by atoms with Gasteiger partial charge < -0.3 is 10.2 Å². The maximum atomic E-state index is 12.3. The first-order chi connectivity index (χ1) is 12.7. The van der Waals surface area contributed by atoms with Crippen molar-refractivity contribution < 1.29 is 4.79 Å². The van der Waals surface area contributed by atoms with E-state index in [1.165, 1.54) is 11.8 Å². The molecule has 0 saturated carbocycles. The average Bonchev–Trinajstić information content (AvgIpc) is 3.03. The van der Waals surface area contributed by atoms with Gasteiger partial charge in [-0.3, -0.25) is 9.78 Å². The zero-order chi connectivity index (χ0) is 17.9. The second-order valence-corrected chi connectivity index (χ2v) is 6.32. The molecule has 1 amide bonds. The number of anilines is 2. The lowest BCUT2D eigenvalue weighted by molar-refractivity contribution is 0.0945. The minimum atomic E-state index is -0.260. The molecule has 0 bridgehead atoms. The number of carbonyl (C=O) groups is 1.